The Morgan fingerprint density at radius 1 is 1.00 bits per heavy atom. The van der Waals surface area contributed by atoms with Crippen LogP contribution in [0.1, 0.15) is 16.5 Å². The predicted octanol–water partition coefficient (Wildman–Crippen LogP) is 5.07. The summed E-state index contributed by atoms with van der Waals surface area (Å²) in [6.07, 6.45) is 0. The average molecular weight is 378 g/mol. The number of alkyl halides is 1. The predicted molar refractivity (Wildman–Crippen MR) is 81.3 cm³/mol. The first-order valence-electron chi connectivity index (χ1n) is 5.98. The van der Waals surface area contributed by atoms with Gasteiger partial charge < -0.3 is 9.47 Å². The number of rotatable bonds is 4. The minimum absolute atomic E-state index is 0.186. The van der Waals surface area contributed by atoms with Gasteiger partial charge in [0.1, 0.15) is 11.6 Å². The third-order valence-electron chi connectivity index (χ3n) is 3.01. The van der Waals surface area contributed by atoms with E-state index < -0.39 is 17.0 Å². The summed E-state index contributed by atoms with van der Waals surface area (Å²) in [5.41, 5.74) is 0.783. The van der Waals surface area contributed by atoms with E-state index in [4.69, 9.17) is 21.1 Å². The van der Waals surface area contributed by atoms with Crippen molar-refractivity contribution in [3.63, 3.8) is 0 Å². The van der Waals surface area contributed by atoms with Gasteiger partial charge >= 0.3 is 0 Å². The normalized spacial score (nSPS) is 12.1. The Bertz CT molecular complexity index is 664. The second-order valence-corrected chi connectivity index (χ2v) is 5.55. The molecule has 0 spiro atoms. The first-order valence-corrected chi connectivity index (χ1v) is 7.21. The highest BCUT2D eigenvalue weighted by Crippen LogP contribution is 2.41. The van der Waals surface area contributed by atoms with Crippen LogP contribution in [0.3, 0.4) is 0 Å². The average Bonchev–Trinajstić information content (AvgIpc) is 2.46. The standard InChI is InChI=1S/C15H12BrClF2O2/c1-20-13-6-10(11(16)7-14(13)21-2)15(17)9-4-3-8(18)5-12(9)19/h3-7,15H,1-2H3. The lowest BCUT2D eigenvalue weighted by Gasteiger charge is -2.16. The molecule has 0 radical (unpaired) electrons. The van der Waals surface area contributed by atoms with Gasteiger partial charge in [0, 0.05) is 16.1 Å². The quantitative estimate of drug-likeness (QED) is 0.692. The molecule has 0 aliphatic rings. The number of benzene rings is 2. The van der Waals surface area contributed by atoms with Crippen LogP contribution in [0.2, 0.25) is 0 Å². The molecule has 21 heavy (non-hydrogen) atoms. The van der Waals surface area contributed by atoms with Crippen molar-refractivity contribution in [1.82, 2.24) is 0 Å². The number of hydrogen-bond donors (Lipinski definition) is 0. The maximum Gasteiger partial charge on any atom is 0.161 e. The van der Waals surface area contributed by atoms with E-state index in [0.29, 0.717) is 21.5 Å². The summed E-state index contributed by atoms with van der Waals surface area (Å²) in [4.78, 5) is 0. The Kier molecular flexibility index (Phi) is 5.06. The van der Waals surface area contributed by atoms with Gasteiger partial charge in [-0.15, -0.1) is 11.6 Å². The van der Waals surface area contributed by atoms with E-state index in [1.807, 2.05) is 0 Å². The first kappa shape index (κ1) is 16.0. The van der Waals surface area contributed by atoms with Crippen molar-refractivity contribution in [2.75, 3.05) is 14.2 Å². The van der Waals surface area contributed by atoms with E-state index in [-0.39, 0.29) is 5.56 Å². The van der Waals surface area contributed by atoms with Crippen LogP contribution in [0.25, 0.3) is 0 Å². The van der Waals surface area contributed by atoms with Crippen LogP contribution in [0.5, 0.6) is 11.5 Å². The lowest BCUT2D eigenvalue weighted by Crippen LogP contribution is -2.01. The van der Waals surface area contributed by atoms with E-state index in [1.165, 1.54) is 26.4 Å². The Morgan fingerprint density at radius 2 is 1.62 bits per heavy atom. The first-order chi connectivity index (χ1) is 9.97. The summed E-state index contributed by atoms with van der Waals surface area (Å²) in [7, 11) is 3.01. The Labute approximate surface area is 134 Å². The van der Waals surface area contributed by atoms with Gasteiger partial charge in [-0.25, -0.2) is 8.78 Å². The molecular formula is C15H12BrClF2O2. The molecule has 112 valence electrons. The topological polar surface area (TPSA) is 18.5 Å². The summed E-state index contributed by atoms with van der Waals surface area (Å²) in [6.45, 7) is 0. The van der Waals surface area contributed by atoms with Gasteiger partial charge in [0.2, 0.25) is 0 Å². The molecule has 0 aromatic heterocycles. The summed E-state index contributed by atoms with van der Waals surface area (Å²) in [6, 6.07) is 6.64. The van der Waals surface area contributed by atoms with Gasteiger partial charge in [-0.05, 0) is 23.8 Å². The Morgan fingerprint density at radius 3 is 2.19 bits per heavy atom. The number of methoxy groups -OCH3 is 2. The van der Waals surface area contributed by atoms with Crippen molar-refractivity contribution < 1.29 is 18.3 Å². The van der Waals surface area contributed by atoms with Crippen LogP contribution < -0.4 is 9.47 Å². The second kappa shape index (κ2) is 6.62. The fourth-order valence-corrected chi connectivity index (χ4v) is 2.98. The largest absolute Gasteiger partial charge is 0.493 e. The van der Waals surface area contributed by atoms with Crippen LogP contribution in [-0.2, 0) is 0 Å². The van der Waals surface area contributed by atoms with Gasteiger partial charge in [-0.1, -0.05) is 22.0 Å². The molecule has 0 heterocycles. The monoisotopic (exact) mass is 376 g/mol. The van der Waals surface area contributed by atoms with Gasteiger partial charge in [0.25, 0.3) is 0 Å². The fraction of sp³-hybridized carbons (Fsp3) is 0.200. The number of hydrogen-bond acceptors (Lipinski definition) is 2. The van der Waals surface area contributed by atoms with E-state index in [1.54, 1.807) is 12.1 Å². The lowest BCUT2D eigenvalue weighted by molar-refractivity contribution is 0.354. The summed E-state index contributed by atoms with van der Waals surface area (Å²) in [5, 5.41) is -0.792. The van der Waals surface area contributed by atoms with Crippen LogP contribution >= 0.6 is 27.5 Å². The van der Waals surface area contributed by atoms with E-state index in [2.05, 4.69) is 15.9 Å². The zero-order chi connectivity index (χ0) is 15.6. The van der Waals surface area contributed by atoms with Gasteiger partial charge in [0.15, 0.2) is 11.5 Å². The Balaban J connectivity index is 2.50. The van der Waals surface area contributed by atoms with Gasteiger partial charge in [-0.2, -0.15) is 0 Å². The van der Waals surface area contributed by atoms with E-state index in [9.17, 15) is 8.78 Å². The van der Waals surface area contributed by atoms with E-state index >= 15 is 0 Å². The van der Waals surface area contributed by atoms with Crippen molar-refractivity contribution in [2.45, 2.75) is 5.38 Å². The smallest absolute Gasteiger partial charge is 0.161 e. The van der Waals surface area contributed by atoms with Gasteiger partial charge in [0.05, 0.1) is 19.6 Å². The molecule has 0 saturated carbocycles. The van der Waals surface area contributed by atoms with Crippen molar-refractivity contribution in [2.24, 2.45) is 0 Å². The van der Waals surface area contributed by atoms with Crippen LogP contribution in [0.4, 0.5) is 8.78 Å². The molecule has 0 bridgehead atoms. The molecule has 2 aromatic rings. The molecular weight excluding hydrogens is 366 g/mol. The highest BCUT2D eigenvalue weighted by atomic mass is 79.9. The highest BCUT2D eigenvalue weighted by molar-refractivity contribution is 9.10. The minimum atomic E-state index is -0.792. The molecule has 0 fully saturated rings. The third-order valence-corrected chi connectivity index (χ3v) is 4.17. The molecule has 0 saturated heterocycles. The number of halogens is 4. The van der Waals surface area contributed by atoms with Crippen molar-refractivity contribution >= 4 is 27.5 Å². The van der Waals surface area contributed by atoms with Crippen molar-refractivity contribution in [1.29, 1.82) is 0 Å². The molecule has 1 atom stereocenters. The summed E-state index contributed by atoms with van der Waals surface area (Å²) >= 11 is 9.70. The Hall–Kier alpha value is -1.33. The number of ether oxygens (including phenoxy) is 2. The molecule has 1 unspecified atom stereocenters. The highest BCUT2D eigenvalue weighted by Gasteiger charge is 2.21. The van der Waals surface area contributed by atoms with Crippen molar-refractivity contribution in [3.8, 4) is 11.5 Å². The molecule has 6 heteroatoms. The maximum atomic E-state index is 13.9. The summed E-state index contributed by atoms with van der Waals surface area (Å²) in [5.74, 6) is -0.344. The zero-order valence-corrected chi connectivity index (χ0v) is 13.6. The van der Waals surface area contributed by atoms with Gasteiger partial charge in [-0.3, -0.25) is 0 Å². The molecule has 2 rings (SSSR count). The lowest BCUT2D eigenvalue weighted by atomic mass is 10.0. The molecule has 0 N–H and O–H groups in total. The zero-order valence-electron chi connectivity index (χ0n) is 11.3. The molecule has 0 aliphatic carbocycles. The molecule has 2 aromatic carbocycles. The van der Waals surface area contributed by atoms with Crippen molar-refractivity contribution in [3.05, 3.63) is 57.6 Å². The second-order valence-electron chi connectivity index (χ2n) is 4.26. The van der Waals surface area contributed by atoms with Crippen LogP contribution in [0, 0.1) is 11.6 Å². The van der Waals surface area contributed by atoms with Crippen LogP contribution in [-0.4, -0.2) is 14.2 Å². The third kappa shape index (κ3) is 3.30. The van der Waals surface area contributed by atoms with Crippen LogP contribution in [0.15, 0.2) is 34.8 Å². The molecule has 0 aliphatic heterocycles. The minimum Gasteiger partial charge on any atom is -0.493 e. The maximum absolute atomic E-state index is 13.9. The SMILES string of the molecule is COc1cc(Br)c(C(Cl)c2ccc(F)cc2F)cc1OC. The summed E-state index contributed by atoms with van der Waals surface area (Å²) < 4.78 is 37.9. The van der Waals surface area contributed by atoms with E-state index in [0.717, 1.165) is 6.07 Å². The molecule has 0 amide bonds. The molecule has 2 nitrogen and oxygen atoms in total. The fourth-order valence-electron chi connectivity index (χ4n) is 1.94.